The molecule has 9 rings (SSSR count). The molecule has 3 saturated heterocycles. The third-order valence-corrected chi connectivity index (χ3v) is 11.9. The molecular weight excluding hydrogens is 676 g/mol. The van der Waals surface area contributed by atoms with Gasteiger partial charge in [-0.3, -0.25) is 9.58 Å². The standard InChI is InChI=1S/C41H45F2N7O3/c1-5-29-32(42)10-7-25-15-28(51)16-30(33(25)29)34-36(43)38-35(31-21-47(3)46-37(31)34)39(50-26-8-9-27(50)20-48(19-26)13-6-14-52-4)45-40(44-38)53-23-41(11-12-41)22-49-17-24(2)18-49/h1,7,10,15-16,21,24,26-27,51H,6,8-9,11-14,17-20,22-23H2,2-4H3. The van der Waals surface area contributed by atoms with Crippen LogP contribution in [0.1, 0.15) is 44.6 Å². The van der Waals surface area contributed by atoms with E-state index in [1.165, 1.54) is 24.3 Å². The Labute approximate surface area is 307 Å². The summed E-state index contributed by atoms with van der Waals surface area (Å²) in [6, 6.07) is 6.22. The van der Waals surface area contributed by atoms with Crippen molar-refractivity contribution in [1.82, 2.24) is 29.5 Å². The Morgan fingerprint density at radius 1 is 1.02 bits per heavy atom. The lowest BCUT2D eigenvalue weighted by atomic mass is 9.91. The van der Waals surface area contributed by atoms with Crippen LogP contribution in [-0.4, -0.2) is 106 Å². The Hall–Kier alpha value is -4.57. The highest BCUT2D eigenvalue weighted by molar-refractivity contribution is 6.18. The molecule has 12 heteroatoms. The molecule has 3 aliphatic heterocycles. The molecule has 10 nitrogen and oxygen atoms in total. The van der Waals surface area contributed by atoms with E-state index in [1.807, 2.05) is 6.20 Å². The molecule has 53 heavy (non-hydrogen) atoms. The molecule has 1 aliphatic carbocycles. The molecule has 276 valence electrons. The van der Waals surface area contributed by atoms with Crippen LogP contribution in [0.5, 0.6) is 11.8 Å². The fourth-order valence-corrected chi connectivity index (χ4v) is 9.30. The van der Waals surface area contributed by atoms with Crippen LogP contribution >= 0.6 is 0 Å². The summed E-state index contributed by atoms with van der Waals surface area (Å²) in [6.07, 6.45) is 12.8. The number of hydrogen-bond acceptors (Lipinski definition) is 9. The average Bonchev–Trinajstić information content (AvgIpc) is 3.70. The molecule has 1 saturated carbocycles. The Bertz CT molecular complexity index is 2280. The SMILES string of the molecule is C#Cc1c(F)ccc2cc(O)cc(-c3c(F)c4nc(OCC5(CN6CC(C)C6)CC5)nc(N5C6CCC5CN(CCCOC)C6)c4c4cn(C)nc34)c12. The number of nitrogens with zero attached hydrogens (tertiary/aromatic N) is 7. The Balaban J connectivity index is 1.22. The van der Waals surface area contributed by atoms with Gasteiger partial charge in [0.05, 0.1) is 17.6 Å². The first-order chi connectivity index (χ1) is 25.6. The molecular formula is C41H45F2N7O3. The van der Waals surface area contributed by atoms with Crippen LogP contribution in [0.25, 0.3) is 43.7 Å². The number of methoxy groups -OCH3 is 1. The van der Waals surface area contributed by atoms with Gasteiger partial charge in [-0.15, -0.1) is 6.42 Å². The number of benzene rings is 3. The number of aromatic hydroxyl groups is 1. The summed E-state index contributed by atoms with van der Waals surface area (Å²) < 4.78 is 46.4. The van der Waals surface area contributed by atoms with E-state index in [2.05, 4.69) is 27.5 Å². The number of aromatic nitrogens is 4. The smallest absolute Gasteiger partial charge is 0.319 e. The number of piperazine rings is 1. The van der Waals surface area contributed by atoms with E-state index in [4.69, 9.17) is 31.0 Å². The number of fused-ring (bicyclic) bond motifs is 6. The second-order valence-corrected chi connectivity index (χ2v) is 16.0. The van der Waals surface area contributed by atoms with E-state index in [-0.39, 0.29) is 51.5 Å². The van der Waals surface area contributed by atoms with Gasteiger partial charge in [-0.2, -0.15) is 15.1 Å². The van der Waals surface area contributed by atoms with Crippen LogP contribution in [0.15, 0.2) is 30.5 Å². The van der Waals surface area contributed by atoms with Gasteiger partial charge in [-0.05, 0) is 67.2 Å². The molecule has 4 fully saturated rings. The van der Waals surface area contributed by atoms with Gasteiger partial charge in [0.15, 0.2) is 5.82 Å². The summed E-state index contributed by atoms with van der Waals surface area (Å²) in [7, 11) is 3.52. The fourth-order valence-electron chi connectivity index (χ4n) is 9.30. The minimum Gasteiger partial charge on any atom is -0.508 e. The number of halogens is 2. The number of terminal acetylenes is 1. The van der Waals surface area contributed by atoms with E-state index < -0.39 is 11.6 Å². The average molecular weight is 722 g/mol. The van der Waals surface area contributed by atoms with Gasteiger partial charge in [0, 0.05) is 100 Å². The third-order valence-electron chi connectivity index (χ3n) is 11.9. The number of likely N-dealkylation sites (tertiary alicyclic amines) is 2. The van der Waals surface area contributed by atoms with Gasteiger partial charge < -0.3 is 24.4 Å². The molecule has 2 bridgehead atoms. The van der Waals surface area contributed by atoms with Gasteiger partial charge >= 0.3 is 6.01 Å². The van der Waals surface area contributed by atoms with Crippen molar-refractivity contribution in [3.05, 3.63) is 47.7 Å². The van der Waals surface area contributed by atoms with Gasteiger partial charge in [-0.25, -0.2) is 8.78 Å². The monoisotopic (exact) mass is 721 g/mol. The zero-order valence-electron chi connectivity index (χ0n) is 30.5. The van der Waals surface area contributed by atoms with Crippen LogP contribution in [0.4, 0.5) is 14.6 Å². The van der Waals surface area contributed by atoms with Crippen molar-refractivity contribution in [2.24, 2.45) is 18.4 Å². The van der Waals surface area contributed by atoms with E-state index in [9.17, 15) is 5.11 Å². The largest absolute Gasteiger partial charge is 0.508 e. The maximum Gasteiger partial charge on any atom is 0.319 e. The highest BCUT2D eigenvalue weighted by atomic mass is 19.1. The highest BCUT2D eigenvalue weighted by Gasteiger charge is 2.47. The van der Waals surface area contributed by atoms with E-state index in [0.29, 0.717) is 45.4 Å². The van der Waals surface area contributed by atoms with Crippen LogP contribution in [0, 0.1) is 35.3 Å². The van der Waals surface area contributed by atoms with Crippen LogP contribution in [0.2, 0.25) is 0 Å². The summed E-state index contributed by atoms with van der Waals surface area (Å²) in [5.41, 5.74) is 0.797. The third kappa shape index (κ3) is 5.93. The van der Waals surface area contributed by atoms with E-state index in [0.717, 1.165) is 78.0 Å². The molecule has 4 aliphatic rings. The molecule has 2 atom stereocenters. The van der Waals surface area contributed by atoms with Crippen molar-refractivity contribution >= 4 is 38.4 Å². The fraction of sp³-hybridized carbons (Fsp3) is 0.488. The summed E-state index contributed by atoms with van der Waals surface area (Å²) >= 11 is 0. The number of phenols is 1. The van der Waals surface area contributed by atoms with Crippen LogP contribution in [0.3, 0.4) is 0 Å². The zero-order chi connectivity index (χ0) is 36.6. The zero-order valence-corrected chi connectivity index (χ0v) is 30.5. The Kier molecular flexibility index (Phi) is 8.44. The summed E-state index contributed by atoms with van der Waals surface area (Å²) in [4.78, 5) is 17.3. The predicted molar refractivity (Wildman–Crippen MR) is 201 cm³/mol. The van der Waals surface area contributed by atoms with Gasteiger partial charge in [0.2, 0.25) is 0 Å². The Morgan fingerprint density at radius 2 is 1.79 bits per heavy atom. The van der Waals surface area contributed by atoms with Crippen LogP contribution < -0.4 is 9.64 Å². The van der Waals surface area contributed by atoms with Crippen molar-refractivity contribution in [2.75, 3.05) is 64.5 Å². The summed E-state index contributed by atoms with van der Waals surface area (Å²) in [5.74, 6) is 2.46. The maximum absolute atomic E-state index is 17.7. The molecule has 0 amide bonds. The lowest BCUT2D eigenvalue weighted by molar-refractivity contribution is 0.0688. The molecule has 0 spiro atoms. The van der Waals surface area contributed by atoms with Crippen molar-refractivity contribution in [3.63, 3.8) is 0 Å². The quantitative estimate of drug-likeness (QED) is 0.128. The van der Waals surface area contributed by atoms with Crippen molar-refractivity contribution < 1.29 is 23.4 Å². The second-order valence-electron chi connectivity index (χ2n) is 16.0. The molecule has 2 aromatic heterocycles. The lowest BCUT2D eigenvalue weighted by Gasteiger charge is -2.42. The lowest BCUT2D eigenvalue weighted by Crippen LogP contribution is -2.54. The number of hydrogen-bond donors (Lipinski definition) is 1. The number of phenolic OH excluding ortho intramolecular Hbond substituents is 1. The molecule has 5 aromatic rings. The number of rotatable bonds is 11. The first-order valence-corrected chi connectivity index (χ1v) is 18.8. The Morgan fingerprint density at radius 3 is 2.49 bits per heavy atom. The topological polar surface area (TPSA) is 92.0 Å². The summed E-state index contributed by atoms with van der Waals surface area (Å²) in [5, 5.41) is 17.7. The number of ether oxygens (including phenoxy) is 2. The molecule has 5 heterocycles. The van der Waals surface area contributed by atoms with Crippen LogP contribution in [-0.2, 0) is 11.8 Å². The number of anilines is 1. The van der Waals surface area contributed by atoms with Crippen molar-refractivity contribution in [3.8, 4) is 35.2 Å². The van der Waals surface area contributed by atoms with Gasteiger partial charge in [0.25, 0.3) is 0 Å². The number of aryl methyl sites for hydroxylation is 1. The van der Waals surface area contributed by atoms with E-state index in [1.54, 1.807) is 18.8 Å². The van der Waals surface area contributed by atoms with Crippen molar-refractivity contribution in [2.45, 2.75) is 51.1 Å². The van der Waals surface area contributed by atoms with Crippen molar-refractivity contribution in [1.29, 1.82) is 0 Å². The normalized spacial score (nSPS) is 21.5. The van der Waals surface area contributed by atoms with Gasteiger partial charge in [-0.1, -0.05) is 18.9 Å². The first-order valence-electron chi connectivity index (χ1n) is 18.8. The molecule has 3 aromatic carbocycles. The molecule has 1 N–H and O–H groups in total. The minimum atomic E-state index is -0.653. The maximum atomic E-state index is 17.7. The van der Waals surface area contributed by atoms with E-state index >= 15 is 8.78 Å². The highest BCUT2D eigenvalue weighted by Crippen LogP contribution is 2.49. The molecule has 2 unspecified atom stereocenters. The first kappa shape index (κ1) is 34.2. The molecule has 0 radical (unpaired) electrons. The minimum absolute atomic E-state index is 0.0141. The second kappa shape index (κ2) is 13.1. The predicted octanol–water partition coefficient (Wildman–Crippen LogP) is 6.10. The summed E-state index contributed by atoms with van der Waals surface area (Å²) in [6.45, 7) is 9.30. The van der Waals surface area contributed by atoms with Gasteiger partial charge in [0.1, 0.15) is 28.4 Å².